The maximum Gasteiger partial charge on any atom is 0.335 e. The summed E-state index contributed by atoms with van der Waals surface area (Å²) in [7, 11) is 1.39. The first kappa shape index (κ1) is 28.9. The number of methoxy groups -OCH3 is 1. The van der Waals surface area contributed by atoms with E-state index in [1.807, 2.05) is 6.07 Å². The monoisotopic (exact) mass is 594 g/mol. The number of carbonyl (C=O) groups excluding carboxylic acids is 1. The molecule has 0 unspecified atom stereocenters. The lowest BCUT2D eigenvalue weighted by molar-refractivity contribution is -0.120. The molecule has 0 spiro atoms. The van der Waals surface area contributed by atoms with Crippen LogP contribution in [0, 0.1) is 34.4 Å². The van der Waals surface area contributed by atoms with Crippen LogP contribution in [0.25, 0.3) is 11.1 Å². The van der Waals surface area contributed by atoms with E-state index in [-0.39, 0.29) is 39.1 Å². The first-order chi connectivity index (χ1) is 19.3. The molecule has 2 N–H and O–H groups in total. The van der Waals surface area contributed by atoms with E-state index in [0.29, 0.717) is 40.2 Å². The van der Waals surface area contributed by atoms with Crippen molar-refractivity contribution >= 4 is 40.8 Å². The number of carbonyl (C=O) groups is 2. The van der Waals surface area contributed by atoms with Gasteiger partial charge in [-0.05, 0) is 71.7 Å². The molecule has 5 rings (SSSR count). The van der Waals surface area contributed by atoms with Gasteiger partial charge in [0.25, 0.3) is 0 Å². The fraction of sp³-hybridized carbons (Fsp3) is 0.344. The smallest absolute Gasteiger partial charge is 0.335 e. The van der Waals surface area contributed by atoms with Crippen LogP contribution >= 0.6 is 23.2 Å². The number of fused-ring (bicyclic) bond motifs is 6. The fourth-order valence-corrected chi connectivity index (χ4v) is 7.40. The highest BCUT2D eigenvalue weighted by molar-refractivity contribution is 6.34. The lowest BCUT2D eigenvalue weighted by atomic mass is 9.57. The van der Waals surface area contributed by atoms with Crippen LogP contribution in [0.15, 0.2) is 48.5 Å². The molecule has 0 aliphatic heterocycles. The molecule has 0 radical (unpaired) electrons. The molecule has 1 amide bonds. The molecule has 0 aromatic heterocycles. The summed E-state index contributed by atoms with van der Waals surface area (Å²) in [5.41, 5.74) is 0.673. The van der Waals surface area contributed by atoms with Crippen molar-refractivity contribution in [2.45, 2.75) is 44.9 Å². The van der Waals surface area contributed by atoms with Crippen molar-refractivity contribution in [3.63, 3.8) is 0 Å². The Morgan fingerprint density at radius 3 is 2.56 bits per heavy atom. The number of nitrogens with zero attached hydrogens (tertiary/aromatic N) is 1. The topological polar surface area (TPSA) is 99.4 Å². The lowest BCUT2D eigenvalue weighted by Crippen LogP contribution is -2.42. The number of halogens is 3. The summed E-state index contributed by atoms with van der Waals surface area (Å²) in [5, 5.41) is 23.9. The predicted octanol–water partition coefficient (Wildman–Crippen LogP) is 8.08. The Morgan fingerprint density at radius 1 is 1.20 bits per heavy atom. The molecule has 2 aliphatic rings. The summed E-state index contributed by atoms with van der Waals surface area (Å²) in [5.74, 6) is -3.73. The Morgan fingerprint density at radius 2 is 1.93 bits per heavy atom. The van der Waals surface area contributed by atoms with Gasteiger partial charge in [0, 0.05) is 33.0 Å². The van der Waals surface area contributed by atoms with E-state index < -0.39 is 29.0 Å². The zero-order valence-electron chi connectivity index (χ0n) is 23.0. The molecule has 3 aromatic rings. The van der Waals surface area contributed by atoms with Crippen LogP contribution in [-0.4, -0.2) is 24.1 Å². The Kier molecular flexibility index (Phi) is 7.30. The second kappa shape index (κ2) is 10.3. The molecule has 0 heterocycles. The maximum atomic E-state index is 16.1. The van der Waals surface area contributed by atoms with Crippen LogP contribution in [-0.2, 0) is 10.2 Å². The number of carboxylic acids is 1. The number of ether oxygens (including phenoxy) is 1. The summed E-state index contributed by atoms with van der Waals surface area (Å²) in [6, 6.07) is 14.9. The molecule has 9 heteroatoms. The number of carboxylic acid groups (broad SMARTS) is 1. The third kappa shape index (κ3) is 4.73. The molecule has 0 bridgehead atoms. The number of amides is 1. The highest BCUT2D eigenvalue weighted by atomic mass is 35.5. The largest absolute Gasteiger partial charge is 0.495 e. The van der Waals surface area contributed by atoms with E-state index >= 15 is 4.39 Å². The minimum absolute atomic E-state index is 0.0102. The van der Waals surface area contributed by atoms with E-state index in [2.05, 4.69) is 32.2 Å². The van der Waals surface area contributed by atoms with Gasteiger partial charge in [0.1, 0.15) is 11.6 Å². The van der Waals surface area contributed by atoms with Gasteiger partial charge in [-0.2, -0.15) is 5.26 Å². The molecule has 2 aliphatic carbocycles. The molecule has 1 saturated carbocycles. The van der Waals surface area contributed by atoms with Crippen molar-refractivity contribution in [3.05, 3.63) is 81.1 Å². The van der Waals surface area contributed by atoms with Crippen molar-refractivity contribution in [1.82, 2.24) is 0 Å². The number of aromatic carboxylic acids is 1. The number of anilines is 1. The second-order valence-corrected chi connectivity index (χ2v) is 12.8. The van der Waals surface area contributed by atoms with E-state index in [4.69, 9.17) is 27.9 Å². The Hall–Kier alpha value is -3.60. The van der Waals surface area contributed by atoms with Crippen molar-refractivity contribution < 1.29 is 23.8 Å². The van der Waals surface area contributed by atoms with Gasteiger partial charge in [-0.25, -0.2) is 9.18 Å². The van der Waals surface area contributed by atoms with Gasteiger partial charge in [0.15, 0.2) is 0 Å². The van der Waals surface area contributed by atoms with Crippen molar-refractivity contribution in [2.24, 2.45) is 17.3 Å². The summed E-state index contributed by atoms with van der Waals surface area (Å²) < 4.78 is 21.4. The number of hydrogen-bond donors (Lipinski definition) is 2. The Labute approximate surface area is 248 Å². The molecule has 1 fully saturated rings. The highest BCUT2D eigenvalue weighted by Gasteiger charge is 2.63. The zero-order chi connectivity index (χ0) is 29.9. The average molecular weight is 595 g/mol. The minimum Gasteiger partial charge on any atom is -0.495 e. The number of nitriles is 1. The molecule has 4 atom stereocenters. The average Bonchev–Trinajstić information content (AvgIpc) is 3.22. The van der Waals surface area contributed by atoms with Gasteiger partial charge in [-0.1, -0.05) is 56.1 Å². The van der Waals surface area contributed by atoms with Gasteiger partial charge in [0.05, 0.1) is 29.8 Å². The molecular formula is C32H29Cl2FN2O4. The number of hydrogen-bond acceptors (Lipinski definition) is 4. The standard InChI is InChI=1S/C32H29Cl2FN2O4/c1-31(2,3)14-17-11-21(29(38)37-24-9-8-16(30(39)40)10-25(24)41-4)27-19-6-5-7-22(34)26(19)20-12-18(33)13-23(35)28(20)32(17,27)15-36/h5-10,12-13,17,21,27H,11,14H2,1-4H3,(H,37,38)(H,39,40)/t17-,21+,27-,32-/m0/s1. The van der Waals surface area contributed by atoms with Crippen LogP contribution in [0.2, 0.25) is 10.0 Å². The van der Waals surface area contributed by atoms with E-state index in [1.54, 1.807) is 18.2 Å². The molecule has 0 saturated heterocycles. The predicted molar refractivity (Wildman–Crippen MR) is 156 cm³/mol. The van der Waals surface area contributed by atoms with Gasteiger partial charge in [-0.3, -0.25) is 4.79 Å². The Bertz CT molecular complexity index is 1630. The summed E-state index contributed by atoms with van der Waals surface area (Å²) in [6.07, 6.45) is 0.888. The number of benzene rings is 3. The number of rotatable bonds is 5. The number of nitrogens with one attached hydrogen (secondary N) is 1. The van der Waals surface area contributed by atoms with E-state index in [0.717, 1.165) is 0 Å². The first-order valence-corrected chi connectivity index (χ1v) is 14.0. The first-order valence-electron chi connectivity index (χ1n) is 13.2. The van der Waals surface area contributed by atoms with Crippen LogP contribution in [0.5, 0.6) is 5.75 Å². The SMILES string of the molecule is COc1cc(C(=O)O)ccc1NC(=O)[C@@H]1C[C@@H](CC(C)(C)C)[C@]2(C#N)c3c(F)cc(Cl)cc3-c3c(Cl)cccc3[C@@H]12. The van der Waals surface area contributed by atoms with Crippen molar-refractivity contribution in [2.75, 3.05) is 12.4 Å². The maximum absolute atomic E-state index is 16.1. The third-order valence-electron chi connectivity index (χ3n) is 8.28. The fourth-order valence-electron chi connectivity index (χ4n) is 6.91. The Balaban J connectivity index is 1.71. The third-order valence-corrected chi connectivity index (χ3v) is 8.81. The molecule has 41 heavy (non-hydrogen) atoms. The van der Waals surface area contributed by atoms with Crippen LogP contribution in [0.3, 0.4) is 0 Å². The zero-order valence-corrected chi connectivity index (χ0v) is 24.5. The van der Waals surface area contributed by atoms with Gasteiger partial charge in [-0.15, -0.1) is 0 Å². The molecule has 6 nitrogen and oxygen atoms in total. The van der Waals surface area contributed by atoms with E-state index in [1.165, 1.54) is 31.4 Å². The minimum atomic E-state index is -1.37. The van der Waals surface area contributed by atoms with Gasteiger partial charge < -0.3 is 15.2 Å². The highest BCUT2D eigenvalue weighted by Crippen LogP contribution is 2.66. The molecular weight excluding hydrogens is 566 g/mol. The summed E-state index contributed by atoms with van der Waals surface area (Å²) >= 11 is 13.0. The van der Waals surface area contributed by atoms with E-state index in [9.17, 15) is 20.0 Å². The van der Waals surface area contributed by atoms with Gasteiger partial charge in [0.2, 0.25) is 5.91 Å². The summed E-state index contributed by atoms with van der Waals surface area (Å²) in [4.78, 5) is 25.6. The molecule has 3 aromatic carbocycles. The van der Waals surface area contributed by atoms with Crippen molar-refractivity contribution in [3.8, 4) is 22.9 Å². The van der Waals surface area contributed by atoms with Crippen LogP contribution in [0.4, 0.5) is 10.1 Å². The van der Waals surface area contributed by atoms with Crippen LogP contribution < -0.4 is 10.1 Å². The summed E-state index contributed by atoms with van der Waals surface area (Å²) in [6.45, 7) is 6.17. The second-order valence-electron chi connectivity index (χ2n) is 12.0. The van der Waals surface area contributed by atoms with Crippen LogP contribution in [0.1, 0.15) is 61.0 Å². The van der Waals surface area contributed by atoms with Gasteiger partial charge >= 0.3 is 5.97 Å². The normalized spacial score (nSPS) is 22.6. The van der Waals surface area contributed by atoms with Crippen molar-refractivity contribution in [1.29, 1.82) is 5.26 Å². The quantitative estimate of drug-likeness (QED) is 0.311. The lowest BCUT2D eigenvalue weighted by Gasteiger charge is -2.43. The molecule has 212 valence electrons.